The molecular formula is C55H79N13O6. The molecule has 0 unspecified atom stereocenters. The highest BCUT2D eigenvalue weighted by molar-refractivity contribution is 5.96. The fraction of sp³-hybridized carbons (Fsp3) is 0.527. The average molecular weight is 1020 g/mol. The Morgan fingerprint density at radius 1 is 0.527 bits per heavy atom. The fourth-order valence-electron chi connectivity index (χ4n) is 10.1. The zero-order chi connectivity index (χ0) is 53.0. The van der Waals surface area contributed by atoms with Crippen molar-refractivity contribution in [2.75, 3.05) is 39.9 Å². The van der Waals surface area contributed by atoms with Gasteiger partial charge in [0.05, 0.1) is 31.8 Å². The number of nitrogens with one attached hydrogen (secondary N) is 9. The highest BCUT2D eigenvalue weighted by Gasteiger charge is 2.44. The summed E-state index contributed by atoms with van der Waals surface area (Å²) in [6, 6.07) is 20.6. The fourth-order valence-corrected chi connectivity index (χ4v) is 10.1. The van der Waals surface area contributed by atoms with Crippen LogP contribution in [0.1, 0.15) is 117 Å². The first kappa shape index (κ1) is 56.6. The van der Waals surface area contributed by atoms with E-state index in [1.165, 1.54) is 12.0 Å². The molecule has 3 aromatic carbocycles. The lowest BCUT2D eigenvalue weighted by molar-refractivity contribution is -0.150. The zero-order valence-electron chi connectivity index (χ0n) is 43.2. The standard InChI is InChI=1S/C31H42N6O3.C24H37N7O3/c1-2-21-8-10-22(11-9-21)18-34-27(38)20-35-28(24-6-4-3-5-7-24)31(40)37-17-16-26(37)30(39)36-19-23-12-14-25(15-13-23)29(32)33;1-27-15-30-20(32)14-28-21(17-5-3-2-4-6-17)24(34)31-12-11-19(31)23(33)29-13-16-7-9-18(10-8-16)22(25)26/h8-15,24,26,28,35H,2-7,16-20H2,1H3,(H3,32,33)(H,34,38)(H,36,39);7-10,17,19,21,27-28H,2-6,11-15H2,1H3,(H3,25,26)(H,29,33)(H,30,32)/t26-,28+;19-,21+/m01/s1. The van der Waals surface area contributed by atoms with Crippen LogP contribution in [-0.4, -0.2) is 121 Å². The van der Waals surface area contributed by atoms with Gasteiger partial charge >= 0.3 is 0 Å². The van der Waals surface area contributed by atoms with E-state index in [9.17, 15) is 28.8 Å². The Hall–Kier alpha value is -6.70. The van der Waals surface area contributed by atoms with Gasteiger partial charge in [0.2, 0.25) is 35.4 Å². The maximum Gasteiger partial charge on any atom is 0.243 e. The van der Waals surface area contributed by atoms with Crippen LogP contribution in [0.3, 0.4) is 0 Å². The van der Waals surface area contributed by atoms with Crippen LogP contribution < -0.4 is 48.7 Å². The maximum absolute atomic E-state index is 13.7. The van der Waals surface area contributed by atoms with Crippen LogP contribution in [0.5, 0.6) is 0 Å². The van der Waals surface area contributed by atoms with Crippen molar-refractivity contribution in [2.45, 2.75) is 134 Å². The van der Waals surface area contributed by atoms with Crippen LogP contribution in [0.15, 0.2) is 72.8 Å². The van der Waals surface area contributed by atoms with Crippen molar-refractivity contribution in [1.82, 2.24) is 47.0 Å². The van der Waals surface area contributed by atoms with Crippen LogP contribution in [-0.2, 0) is 54.8 Å². The van der Waals surface area contributed by atoms with Crippen LogP contribution in [0.25, 0.3) is 0 Å². The third kappa shape index (κ3) is 16.4. The number of nitrogen functional groups attached to an aromatic ring is 2. The van der Waals surface area contributed by atoms with E-state index in [1.807, 2.05) is 36.4 Å². The Kier molecular flexibility index (Phi) is 21.9. The van der Waals surface area contributed by atoms with Crippen molar-refractivity contribution in [3.63, 3.8) is 0 Å². The molecule has 0 spiro atoms. The second kappa shape index (κ2) is 28.7. The minimum absolute atomic E-state index is 0.000140. The summed E-state index contributed by atoms with van der Waals surface area (Å²) in [5, 5.41) is 35.8. The van der Waals surface area contributed by atoms with Crippen LogP contribution in [0.2, 0.25) is 0 Å². The van der Waals surface area contributed by atoms with Gasteiger partial charge in [-0.2, -0.15) is 0 Å². The smallest absolute Gasteiger partial charge is 0.243 e. The molecule has 13 N–H and O–H groups in total. The number of hydrogen-bond acceptors (Lipinski definition) is 11. The van der Waals surface area contributed by atoms with Gasteiger partial charge in [0.15, 0.2) is 0 Å². The van der Waals surface area contributed by atoms with E-state index in [2.05, 4.69) is 56.3 Å². The van der Waals surface area contributed by atoms with Crippen molar-refractivity contribution in [3.8, 4) is 0 Å². The second-order valence-corrected chi connectivity index (χ2v) is 19.9. The summed E-state index contributed by atoms with van der Waals surface area (Å²) in [6.07, 6.45) is 12.6. The third-order valence-electron chi connectivity index (χ3n) is 14.8. The second-order valence-electron chi connectivity index (χ2n) is 19.9. The Morgan fingerprint density at radius 3 is 1.24 bits per heavy atom. The van der Waals surface area contributed by atoms with E-state index < -0.39 is 24.2 Å². The molecule has 6 amide bonds. The molecule has 74 heavy (non-hydrogen) atoms. The van der Waals surface area contributed by atoms with Gasteiger partial charge in [0.25, 0.3) is 0 Å². The average Bonchev–Trinajstić information content (AvgIpc) is 3.39. The summed E-state index contributed by atoms with van der Waals surface area (Å²) in [5.74, 6) is -0.536. The summed E-state index contributed by atoms with van der Waals surface area (Å²) in [6.45, 7) is 4.80. The molecule has 400 valence electrons. The number of benzene rings is 3. The molecule has 2 saturated carbocycles. The quantitative estimate of drug-likeness (QED) is 0.0373. The normalized spacial score (nSPS) is 18.5. The summed E-state index contributed by atoms with van der Waals surface area (Å²) < 4.78 is 0. The van der Waals surface area contributed by atoms with E-state index in [1.54, 1.807) is 41.1 Å². The Balaban J connectivity index is 0.000000244. The molecule has 19 heteroatoms. The number of nitrogens with zero attached hydrogens (tertiary/aromatic N) is 2. The molecule has 2 aliphatic carbocycles. The molecule has 4 fully saturated rings. The highest BCUT2D eigenvalue weighted by atomic mass is 16.2. The summed E-state index contributed by atoms with van der Waals surface area (Å²) in [4.78, 5) is 81.0. The summed E-state index contributed by atoms with van der Waals surface area (Å²) >= 11 is 0. The summed E-state index contributed by atoms with van der Waals surface area (Å²) in [5.41, 5.74) is 16.3. The van der Waals surface area contributed by atoms with Gasteiger partial charge in [-0.3, -0.25) is 50.2 Å². The highest BCUT2D eigenvalue weighted by Crippen LogP contribution is 2.31. The van der Waals surface area contributed by atoms with Gasteiger partial charge in [-0.1, -0.05) is 118 Å². The topological polar surface area (TPSA) is 293 Å². The Morgan fingerprint density at radius 2 is 0.892 bits per heavy atom. The van der Waals surface area contributed by atoms with E-state index in [4.69, 9.17) is 22.3 Å². The Labute approximate surface area is 435 Å². The first-order valence-corrected chi connectivity index (χ1v) is 26.5. The molecule has 19 nitrogen and oxygen atoms in total. The largest absolute Gasteiger partial charge is 0.384 e. The number of aryl methyl sites for hydroxylation is 1. The van der Waals surface area contributed by atoms with Crippen LogP contribution in [0, 0.1) is 22.7 Å². The molecule has 4 atom stereocenters. The van der Waals surface area contributed by atoms with E-state index in [0.29, 0.717) is 63.4 Å². The number of carbonyl (C=O) groups is 6. The van der Waals surface area contributed by atoms with Gasteiger partial charge in [-0.15, -0.1) is 0 Å². The lowest BCUT2D eigenvalue weighted by Gasteiger charge is -2.43. The lowest BCUT2D eigenvalue weighted by atomic mass is 9.82. The number of carbonyl (C=O) groups excluding carboxylic acids is 6. The zero-order valence-corrected chi connectivity index (χ0v) is 43.2. The Bertz CT molecular complexity index is 2370. The molecule has 0 radical (unpaired) electrons. The number of rotatable bonds is 23. The van der Waals surface area contributed by atoms with Gasteiger partial charge in [-0.05, 0) is 86.1 Å². The molecule has 4 aliphatic rings. The van der Waals surface area contributed by atoms with Crippen molar-refractivity contribution in [1.29, 1.82) is 10.8 Å². The van der Waals surface area contributed by atoms with Gasteiger partial charge in [-0.25, -0.2) is 0 Å². The van der Waals surface area contributed by atoms with Crippen molar-refractivity contribution in [2.24, 2.45) is 23.3 Å². The maximum atomic E-state index is 13.7. The van der Waals surface area contributed by atoms with Crippen molar-refractivity contribution >= 4 is 47.1 Å². The van der Waals surface area contributed by atoms with Crippen molar-refractivity contribution in [3.05, 3.63) is 106 Å². The SMILES string of the molecule is CCc1ccc(CNC(=O)CN[C@@H](C(=O)N2CC[C@H]2C(=O)NCc2ccc(C(=N)N)cc2)C2CCCCC2)cc1.CNCNC(=O)CN[C@H](C(=O)N1CC[C@@H]1C(=O)NCc1ccc(C(=N)N)cc1)C1CCCCC1. The van der Waals surface area contributed by atoms with E-state index >= 15 is 0 Å². The number of hydrogen-bond donors (Lipinski definition) is 11. The number of amidine groups is 2. The number of nitrogens with two attached hydrogens (primary N) is 2. The molecular weight excluding hydrogens is 939 g/mol. The molecule has 3 aromatic rings. The molecule has 0 aromatic heterocycles. The first-order valence-electron chi connectivity index (χ1n) is 26.5. The van der Waals surface area contributed by atoms with E-state index in [-0.39, 0.29) is 72.0 Å². The third-order valence-corrected chi connectivity index (χ3v) is 14.8. The molecule has 2 saturated heterocycles. The molecule has 7 rings (SSSR count). The molecule has 2 heterocycles. The minimum atomic E-state index is -0.503. The predicted octanol–water partition coefficient (Wildman–Crippen LogP) is 2.62. The molecule has 0 bridgehead atoms. The van der Waals surface area contributed by atoms with E-state index in [0.717, 1.165) is 80.9 Å². The number of amides is 6. The van der Waals surface area contributed by atoms with Gasteiger partial charge in [0, 0.05) is 43.9 Å². The van der Waals surface area contributed by atoms with Gasteiger partial charge < -0.3 is 47.9 Å². The van der Waals surface area contributed by atoms with Gasteiger partial charge in [0.1, 0.15) is 23.8 Å². The summed E-state index contributed by atoms with van der Waals surface area (Å²) in [7, 11) is 1.75. The predicted molar refractivity (Wildman–Crippen MR) is 285 cm³/mol. The first-order chi connectivity index (χ1) is 35.8. The monoisotopic (exact) mass is 1020 g/mol. The lowest BCUT2D eigenvalue weighted by Crippen LogP contribution is -2.63. The van der Waals surface area contributed by atoms with Crippen LogP contribution >= 0.6 is 0 Å². The molecule has 2 aliphatic heterocycles. The minimum Gasteiger partial charge on any atom is -0.384 e. The van der Waals surface area contributed by atoms with Crippen LogP contribution in [0.4, 0.5) is 0 Å². The van der Waals surface area contributed by atoms with Crippen molar-refractivity contribution < 1.29 is 28.8 Å². The number of likely N-dealkylation sites (tertiary alicyclic amines) is 2.